The van der Waals surface area contributed by atoms with Crippen LogP contribution in [0.15, 0.2) is 0 Å². The second-order valence-electron chi connectivity index (χ2n) is 9.74. The average molecular weight is 727 g/mol. The molecule has 0 aliphatic rings. The van der Waals surface area contributed by atoms with Gasteiger partial charge in [0.1, 0.15) is 0 Å². The molecule has 0 fully saturated rings. The standard InChI is InChI=1S/C31H48ClF5O11/c32-6-3-1-2-4-7-39-9-11-41-13-15-43-17-19-45-21-23-47-24-22-46-20-18-44-16-14-42-12-10-40-8-5-25(38)48-31-29(36)27(34)26(33)28(35)30(31)37/h1-24H2. The van der Waals surface area contributed by atoms with Crippen molar-refractivity contribution in [2.45, 2.75) is 32.1 Å². The molecule has 0 saturated carbocycles. The summed E-state index contributed by atoms with van der Waals surface area (Å²) < 4.78 is 119. The summed E-state index contributed by atoms with van der Waals surface area (Å²) in [6.07, 6.45) is 3.91. The second-order valence-corrected chi connectivity index (χ2v) is 10.1. The van der Waals surface area contributed by atoms with E-state index < -0.39 is 47.2 Å². The Bertz CT molecular complexity index is 924. The van der Waals surface area contributed by atoms with E-state index in [9.17, 15) is 26.7 Å². The van der Waals surface area contributed by atoms with Crippen molar-refractivity contribution in [2.75, 3.05) is 125 Å². The lowest BCUT2D eigenvalue weighted by atomic mass is 10.2. The smallest absolute Gasteiger partial charge is 0.313 e. The molecule has 11 nitrogen and oxygen atoms in total. The minimum absolute atomic E-state index is 0.0843. The van der Waals surface area contributed by atoms with Gasteiger partial charge in [-0.05, 0) is 12.8 Å². The van der Waals surface area contributed by atoms with Crippen molar-refractivity contribution in [1.29, 1.82) is 0 Å². The van der Waals surface area contributed by atoms with Gasteiger partial charge in [-0.2, -0.15) is 8.78 Å². The van der Waals surface area contributed by atoms with Crippen LogP contribution in [0.3, 0.4) is 0 Å². The lowest BCUT2D eigenvalue weighted by Gasteiger charge is -2.09. The average Bonchev–Trinajstić information content (AvgIpc) is 3.08. The first-order chi connectivity index (χ1) is 23.4. The Morgan fingerprint density at radius 3 is 1.04 bits per heavy atom. The SMILES string of the molecule is O=C(CCOCCOCCOCCOCCOCCOCCOCCOCCOCCCCCCCl)Oc1c(F)c(F)c(F)c(F)c1F. The van der Waals surface area contributed by atoms with Gasteiger partial charge in [0.15, 0.2) is 0 Å². The molecule has 0 bridgehead atoms. The Balaban J connectivity index is 1.75. The largest absolute Gasteiger partial charge is 0.420 e. The van der Waals surface area contributed by atoms with Crippen molar-refractivity contribution in [3.05, 3.63) is 29.1 Å². The summed E-state index contributed by atoms with van der Waals surface area (Å²) in [4.78, 5) is 11.6. The van der Waals surface area contributed by atoms with E-state index in [2.05, 4.69) is 4.74 Å². The van der Waals surface area contributed by atoms with Gasteiger partial charge >= 0.3 is 5.97 Å². The first-order valence-electron chi connectivity index (χ1n) is 15.9. The summed E-state index contributed by atoms with van der Waals surface area (Å²) in [6, 6.07) is 0. The van der Waals surface area contributed by atoms with Crippen molar-refractivity contribution in [1.82, 2.24) is 0 Å². The van der Waals surface area contributed by atoms with E-state index in [0.717, 1.165) is 38.2 Å². The number of esters is 1. The number of halogens is 6. The quantitative estimate of drug-likeness (QED) is 0.0189. The van der Waals surface area contributed by atoms with Crippen molar-refractivity contribution in [2.24, 2.45) is 0 Å². The first-order valence-corrected chi connectivity index (χ1v) is 16.4. The first kappa shape index (κ1) is 44.3. The lowest BCUT2D eigenvalue weighted by molar-refractivity contribution is -0.136. The molecule has 0 unspecified atom stereocenters. The van der Waals surface area contributed by atoms with E-state index in [4.69, 9.17) is 54.2 Å². The number of benzene rings is 1. The molecule has 0 heterocycles. The van der Waals surface area contributed by atoms with Gasteiger partial charge in [-0.3, -0.25) is 4.79 Å². The number of ether oxygens (including phenoxy) is 10. The molecule has 1 aromatic rings. The monoisotopic (exact) mass is 726 g/mol. The van der Waals surface area contributed by atoms with Gasteiger partial charge in [0.05, 0.1) is 119 Å². The van der Waals surface area contributed by atoms with E-state index in [1.165, 1.54) is 0 Å². The molecule has 1 aromatic carbocycles. The van der Waals surface area contributed by atoms with E-state index in [1.54, 1.807) is 0 Å². The van der Waals surface area contributed by atoms with E-state index in [-0.39, 0.29) is 26.4 Å². The predicted octanol–water partition coefficient (Wildman–Crippen LogP) is 4.63. The maximum Gasteiger partial charge on any atom is 0.313 e. The van der Waals surface area contributed by atoms with Gasteiger partial charge in [-0.25, -0.2) is 13.2 Å². The molecule has 0 spiro atoms. The molecule has 0 aliphatic carbocycles. The molecule has 0 N–H and O–H groups in total. The van der Waals surface area contributed by atoms with E-state index in [1.807, 2.05) is 0 Å². The highest BCUT2D eigenvalue weighted by molar-refractivity contribution is 6.17. The minimum Gasteiger partial charge on any atom is -0.420 e. The van der Waals surface area contributed by atoms with Crippen LogP contribution < -0.4 is 4.74 Å². The molecule has 0 amide bonds. The highest BCUT2D eigenvalue weighted by Crippen LogP contribution is 2.29. The number of carbonyl (C=O) groups excluding carboxylic acids is 1. The molecular formula is C31H48ClF5O11. The zero-order chi connectivity index (χ0) is 35.1. The van der Waals surface area contributed by atoms with Gasteiger partial charge < -0.3 is 47.4 Å². The second kappa shape index (κ2) is 31.3. The van der Waals surface area contributed by atoms with Gasteiger partial charge in [0.2, 0.25) is 34.8 Å². The molecule has 17 heteroatoms. The van der Waals surface area contributed by atoms with Crippen molar-refractivity contribution in [3.63, 3.8) is 0 Å². The Labute approximate surface area is 283 Å². The van der Waals surface area contributed by atoms with Crippen molar-refractivity contribution in [3.8, 4) is 5.75 Å². The van der Waals surface area contributed by atoms with E-state index >= 15 is 0 Å². The highest BCUT2D eigenvalue weighted by atomic mass is 35.5. The topological polar surface area (TPSA) is 109 Å². The zero-order valence-corrected chi connectivity index (χ0v) is 28.0. The molecule has 280 valence electrons. The molecule has 1 rings (SSSR count). The maximum absolute atomic E-state index is 13.5. The highest BCUT2D eigenvalue weighted by Gasteiger charge is 2.28. The van der Waals surface area contributed by atoms with Crippen molar-refractivity contribution < 1.29 is 74.1 Å². The third kappa shape index (κ3) is 22.8. The Kier molecular flexibility index (Phi) is 28.8. The van der Waals surface area contributed by atoms with Crippen LogP contribution >= 0.6 is 11.6 Å². The van der Waals surface area contributed by atoms with Crippen molar-refractivity contribution >= 4 is 17.6 Å². The predicted molar refractivity (Wildman–Crippen MR) is 163 cm³/mol. The molecule has 0 atom stereocenters. The fourth-order valence-corrected chi connectivity index (χ4v) is 3.70. The van der Waals surface area contributed by atoms with Gasteiger partial charge in [0.25, 0.3) is 0 Å². The normalized spacial score (nSPS) is 11.5. The van der Waals surface area contributed by atoms with Crippen LogP contribution in [0.25, 0.3) is 0 Å². The lowest BCUT2D eigenvalue weighted by Crippen LogP contribution is -2.16. The molecule has 0 aliphatic heterocycles. The summed E-state index contributed by atoms with van der Waals surface area (Å²) in [5.41, 5.74) is 0. The summed E-state index contributed by atoms with van der Waals surface area (Å²) >= 11 is 5.64. The number of rotatable bonds is 34. The number of alkyl halides is 1. The summed E-state index contributed by atoms with van der Waals surface area (Å²) in [6.45, 7) is 6.95. The molecule has 0 saturated heterocycles. The van der Waals surface area contributed by atoms with E-state index in [0.29, 0.717) is 85.9 Å². The molecule has 0 radical (unpaired) electrons. The number of carbonyl (C=O) groups is 1. The zero-order valence-electron chi connectivity index (χ0n) is 27.2. The Morgan fingerprint density at radius 1 is 0.396 bits per heavy atom. The third-order valence-electron chi connectivity index (χ3n) is 5.98. The Morgan fingerprint density at radius 2 is 0.688 bits per heavy atom. The fourth-order valence-electron chi connectivity index (χ4n) is 3.51. The summed E-state index contributed by atoms with van der Waals surface area (Å²) in [5.74, 6) is -13.4. The van der Waals surface area contributed by atoms with Crippen LogP contribution in [0, 0.1) is 29.1 Å². The van der Waals surface area contributed by atoms with Gasteiger partial charge in [-0.1, -0.05) is 12.8 Å². The van der Waals surface area contributed by atoms with Gasteiger partial charge in [-0.15, -0.1) is 11.6 Å². The molecular weight excluding hydrogens is 679 g/mol. The fraction of sp³-hybridized carbons (Fsp3) is 0.774. The number of hydrogen-bond donors (Lipinski definition) is 0. The third-order valence-corrected chi connectivity index (χ3v) is 6.25. The van der Waals surface area contributed by atoms with Crippen LogP contribution in [-0.4, -0.2) is 131 Å². The minimum atomic E-state index is -2.35. The maximum atomic E-state index is 13.5. The van der Waals surface area contributed by atoms with Crippen LogP contribution in [-0.2, 0) is 47.4 Å². The van der Waals surface area contributed by atoms with Crippen LogP contribution in [0.5, 0.6) is 5.75 Å². The number of hydrogen-bond acceptors (Lipinski definition) is 11. The molecule has 48 heavy (non-hydrogen) atoms. The van der Waals surface area contributed by atoms with Crippen LogP contribution in [0.2, 0.25) is 0 Å². The summed E-state index contributed by atoms with van der Waals surface area (Å²) in [5, 5.41) is 0. The van der Waals surface area contributed by atoms with Gasteiger partial charge in [0, 0.05) is 12.5 Å². The summed E-state index contributed by atoms with van der Waals surface area (Å²) in [7, 11) is 0. The van der Waals surface area contributed by atoms with Crippen LogP contribution in [0.4, 0.5) is 22.0 Å². The Hall–Kier alpha value is -1.73. The number of unbranched alkanes of at least 4 members (excludes halogenated alkanes) is 3. The van der Waals surface area contributed by atoms with Crippen LogP contribution in [0.1, 0.15) is 32.1 Å². The molecule has 0 aromatic heterocycles.